The third-order valence-electron chi connectivity index (χ3n) is 4.79. The van der Waals surface area contributed by atoms with Crippen molar-refractivity contribution in [3.05, 3.63) is 108 Å². The Hall–Kier alpha value is -2.49. The van der Waals surface area contributed by atoms with Gasteiger partial charge in [0.05, 0.1) is 6.04 Å². The fourth-order valence-electron chi connectivity index (χ4n) is 3.41. The molecule has 0 aliphatic rings. The molecule has 1 N–H and O–H groups in total. The molecule has 3 heteroatoms. The highest BCUT2D eigenvalue weighted by Gasteiger charge is 2.31. The van der Waals surface area contributed by atoms with Crippen LogP contribution >= 0.6 is 0 Å². The zero-order chi connectivity index (χ0) is 19.1. The molecule has 0 unspecified atom stereocenters. The summed E-state index contributed by atoms with van der Waals surface area (Å²) in [7, 11) is 0. The lowest BCUT2D eigenvalue weighted by Gasteiger charge is -2.36. The molecular formula is C24H26FNO. The van der Waals surface area contributed by atoms with Crippen LogP contribution in [0.25, 0.3) is 0 Å². The van der Waals surface area contributed by atoms with Gasteiger partial charge in [-0.1, -0.05) is 91.0 Å². The Morgan fingerprint density at radius 1 is 0.741 bits per heavy atom. The number of alkyl halides is 1. The Morgan fingerprint density at radius 2 is 1.15 bits per heavy atom. The summed E-state index contributed by atoms with van der Waals surface area (Å²) in [6, 6.07) is 29.5. The van der Waals surface area contributed by atoms with E-state index in [-0.39, 0.29) is 0 Å². The number of hydrogen-bond donors (Lipinski definition) is 1. The molecule has 0 bridgehead atoms. The van der Waals surface area contributed by atoms with Crippen LogP contribution in [0.1, 0.15) is 29.7 Å². The largest absolute Gasteiger partial charge is 0.388 e. The van der Waals surface area contributed by atoms with Crippen LogP contribution in [0.2, 0.25) is 0 Å². The fourth-order valence-corrected chi connectivity index (χ4v) is 3.41. The van der Waals surface area contributed by atoms with Crippen LogP contribution in [0.4, 0.5) is 4.39 Å². The number of benzene rings is 3. The van der Waals surface area contributed by atoms with Gasteiger partial charge in [-0.05, 0) is 23.6 Å². The third-order valence-corrected chi connectivity index (χ3v) is 4.79. The van der Waals surface area contributed by atoms with E-state index in [1.807, 2.05) is 66.7 Å². The molecule has 0 aliphatic carbocycles. The monoisotopic (exact) mass is 363 g/mol. The third kappa shape index (κ3) is 5.25. The lowest BCUT2D eigenvalue weighted by atomic mass is 9.95. The molecule has 0 fully saturated rings. The molecule has 0 saturated heterocycles. The minimum absolute atomic E-state index is 0.438. The number of nitrogens with zero attached hydrogens (tertiary/aromatic N) is 1. The second-order valence-electron chi connectivity index (χ2n) is 6.90. The summed E-state index contributed by atoms with van der Waals surface area (Å²) in [5.41, 5.74) is 3.18. The van der Waals surface area contributed by atoms with Gasteiger partial charge >= 0.3 is 0 Å². The summed E-state index contributed by atoms with van der Waals surface area (Å²) in [6.45, 7) is 2.67. The van der Waals surface area contributed by atoms with Gasteiger partial charge < -0.3 is 5.11 Å². The van der Waals surface area contributed by atoms with Crippen molar-refractivity contribution >= 4 is 0 Å². The second kappa shape index (κ2) is 9.45. The van der Waals surface area contributed by atoms with E-state index in [0.29, 0.717) is 13.1 Å². The lowest BCUT2D eigenvalue weighted by molar-refractivity contribution is -0.00660. The first-order chi connectivity index (χ1) is 13.1. The van der Waals surface area contributed by atoms with Crippen molar-refractivity contribution in [1.82, 2.24) is 4.90 Å². The van der Waals surface area contributed by atoms with Gasteiger partial charge in [-0.25, -0.2) is 4.39 Å². The summed E-state index contributed by atoms with van der Waals surface area (Å²) in [6.07, 6.45) is -2.44. The van der Waals surface area contributed by atoms with Crippen LogP contribution in [0.5, 0.6) is 0 Å². The van der Waals surface area contributed by atoms with Gasteiger partial charge in [0.15, 0.2) is 0 Å². The van der Waals surface area contributed by atoms with E-state index < -0.39 is 18.3 Å². The van der Waals surface area contributed by atoms with Gasteiger partial charge in [0, 0.05) is 13.1 Å². The van der Waals surface area contributed by atoms with E-state index in [0.717, 1.165) is 16.7 Å². The topological polar surface area (TPSA) is 23.5 Å². The van der Waals surface area contributed by atoms with Crippen molar-refractivity contribution < 1.29 is 9.50 Å². The molecule has 3 aromatic carbocycles. The first-order valence-corrected chi connectivity index (χ1v) is 9.34. The molecule has 0 amide bonds. The molecule has 0 heterocycles. The average molecular weight is 363 g/mol. The van der Waals surface area contributed by atoms with Crippen LogP contribution in [0, 0.1) is 0 Å². The first-order valence-electron chi connectivity index (χ1n) is 9.34. The minimum Gasteiger partial charge on any atom is -0.388 e. The predicted octanol–water partition coefficient (Wildman–Crippen LogP) is 5.15. The molecule has 27 heavy (non-hydrogen) atoms. The predicted molar refractivity (Wildman–Crippen MR) is 108 cm³/mol. The summed E-state index contributed by atoms with van der Waals surface area (Å²) in [4.78, 5) is 2.15. The van der Waals surface area contributed by atoms with Crippen molar-refractivity contribution in [2.24, 2.45) is 0 Å². The number of hydrogen-bond acceptors (Lipinski definition) is 2. The molecule has 3 atom stereocenters. The van der Waals surface area contributed by atoms with E-state index >= 15 is 0 Å². The van der Waals surface area contributed by atoms with Crippen LogP contribution in [0.3, 0.4) is 0 Å². The van der Waals surface area contributed by atoms with Gasteiger partial charge in [0.25, 0.3) is 0 Å². The van der Waals surface area contributed by atoms with Crippen LogP contribution in [-0.4, -0.2) is 22.3 Å². The molecule has 2 nitrogen and oxygen atoms in total. The maximum Gasteiger partial charge on any atom is 0.125 e. The zero-order valence-electron chi connectivity index (χ0n) is 15.6. The van der Waals surface area contributed by atoms with Gasteiger partial charge in [0.2, 0.25) is 0 Å². The van der Waals surface area contributed by atoms with E-state index in [4.69, 9.17) is 0 Å². The first kappa shape index (κ1) is 19.3. The molecule has 3 rings (SSSR count). The van der Waals surface area contributed by atoms with E-state index in [1.54, 1.807) is 0 Å². The average Bonchev–Trinajstić information content (AvgIpc) is 2.70. The van der Waals surface area contributed by atoms with Crippen molar-refractivity contribution in [1.29, 1.82) is 0 Å². The van der Waals surface area contributed by atoms with Gasteiger partial charge in [-0.2, -0.15) is 0 Å². The minimum atomic E-state index is -1.33. The highest BCUT2D eigenvalue weighted by Crippen LogP contribution is 2.30. The van der Waals surface area contributed by atoms with E-state index in [1.165, 1.54) is 6.92 Å². The number of rotatable bonds is 8. The fraction of sp³-hybridized carbons (Fsp3) is 0.250. The number of aliphatic hydroxyl groups is 1. The van der Waals surface area contributed by atoms with E-state index in [2.05, 4.69) is 29.2 Å². The van der Waals surface area contributed by atoms with Gasteiger partial charge in [0.1, 0.15) is 12.3 Å². The molecule has 0 saturated carbocycles. The molecule has 0 aromatic heterocycles. The number of aliphatic hydroxyl groups excluding tert-OH is 1. The molecule has 0 spiro atoms. The Kier molecular flexibility index (Phi) is 6.74. The lowest BCUT2D eigenvalue weighted by Crippen LogP contribution is -2.39. The molecule has 3 aromatic rings. The van der Waals surface area contributed by atoms with Crippen molar-refractivity contribution in [3.63, 3.8) is 0 Å². The molecule has 140 valence electrons. The highest BCUT2D eigenvalue weighted by molar-refractivity contribution is 5.23. The summed E-state index contributed by atoms with van der Waals surface area (Å²) >= 11 is 0. The van der Waals surface area contributed by atoms with Crippen LogP contribution in [-0.2, 0) is 13.1 Å². The Bertz CT molecular complexity index is 751. The highest BCUT2D eigenvalue weighted by atomic mass is 19.1. The van der Waals surface area contributed by atoms with Crippen molar-refractivity contribution in [3.8, 4) is 0 Å². The van der Waals surface area contributed by atoms with Crippen LogP contribution < -0.4 is 0 Å². The summed E-state index contributed by atoms with van der Waals surface area (Å²) in [5.74, 6) is 0. The van der Waals surface area contributed by atoms with E-state index in [9.17, 15) is 9.50 Å². The molecule has 0 radical (unpaired) electrons. The molecule has 0 aliphatic heterocycles. The Morgan fingerprint density at radius 3 is 1.56 bits per heavy atom. The quantitative estimate of drug-likeness (QED) is 0.598. The molecular weight excluding hydrogens is 337 g/mol. The van der Waals surface area contributed by atoms with Crippen molar-refractivity contribution in [2.45, 2.75) is 38.3 Å². The Labute approximate surface area is 160 Å². The number of halogens is 1. The second-order valence-corrected chi connectivity index (χ2v) is 6.90. The SMILES string of the molecule is C[C@@H](F)[C@@H](O)[C@H](c1ccccc1)N(Cc1ccccc1)Cc1ccccc1. The Balaban J connectivity index is 1.98. The maximum absolute atomic E-state index is 14.2. The van der Waals surface area contributed by atoms with Crippen LogP contribution in [0.15, 0.2) is 91.0 Å². The normalized spacial score (nSPS) is 14.7. The smallest absolute Gasteiger partial charge is 0.125 e. The van der Waals surface area contributed by atoms with Gasteiger partial charge in [-0.15, -0.1) is 0 Å². The van der Waals surface area contributed by atoms with Gasteiger partial charge in [-0.3, -0.25) is 4.90 Å². The van der Waals surface area contributed by atoms with Crippen molar-refractivity contribution in [2.75, 3.05) is 0 Å². The maximum atomic E-state index is 14.2. The standard InChI is InChI=1S/C24H26FNO/c1-19(25)24(27)23(22-15-9-4-10-16-22)26(17-20-11-5-2-6-12-20)18-21-13-7-3-8-14-21/h2-16,19,23-24,27H,17-18H2,1H3/t19-,23+,24-/m1/s1. The zero-order valence-corrected chi connectivity index (χ0v) is 15.6. The summed E-state index contributed by atoms with van der Waals surface area (Å²) < 4.78 is 14.2. The summed E-state index contributed by atoms with van der Waals surface area (Å²) in [5, 5.41) is 10.7.